The molecule has 4 heteroatoms. The predicted molar refractivity (Wildman–Crippen MR) is 50.8 cm³/mol. The molecule has 0 aliphatic heterocycles. The molecular formula is C10H15N3O. The number of nitrogens with zero attached hydrogens (tertiary/aromatic N) is 2. The zero-order valence-electron chi connectivity index (χ0n) is 8.15. The van der Waals surface area contributed by atoms with Gasteiger partial charge in [-0.3, -0.25) is 0 Å². The van der Waals surface area contributed by atoms with Crippen LogP contribution < -0.4 is 5.73 Å². The smallest absolute Gasteiger partial charge is 0.231 e. The van der Waals surface area contributed by atoms with Crippen LogP contribution in [0.2, 0.25) is 0 Å². The summed E-state index contributed by atoms with van der Waals surface area (Å²) < 4.78 is 5.28. The Balaban J connectivity index is 1.81. The number of aromatic nitrogens is 2. The molecule has 2 atom stereocenters. The summed E-state index contributed by atoms with van der Waals surface area (Å²) in [6, 6.07) is 0.225. The van der Waals surface area contributed by atoms with Gasteiger partial charge in [-0.05, 0) is 25.7 Å². The standard InChI is InChI=1S/C10H15N3O/c11-8-3-1-2-7(8)10-12-9(13-14-10)6-4-5-6/h6-8H,1-5,11H2/t7-,8+/m1/s1. The van der Waals surface area contributed by atoms with Crippen LogP contribution in [0.25, 0.3) is 0 Å². The summed E-state index contributed by atoms with van der Waals surface area (Å²) in [6.07, 6.45) is 5.82. The van der Waals surface area contributed by atoms with E-state index in [0.29, 0.717) is 11.8 Å². The summed E-state index contributed by atoms with van der Waals surface area (Å²) in [4.78, 5) is 4.45. The molecule has 0 bridgehead atoms. The van der Waals surface area contributed by atoms with Gasteiger partial charge in [0.25, 0.3) is 0 Å². The maximum atomic E-state index is 5.98. The highest BCUT2D eigenvalue weighted by atomic mass is 16.5. The fourth-order valence-electron chi connectivity index (χ4n) is 2.20. The van der Waals surface area contributed by atoms with E-state index in [1.54, 1.807) is 0 Å². The maximum absolute atomic E-state index is 5.98. The summed E-state index contributed by atoms with van der Waals surface area (Å²) in [7, 11) is 0. The average molecular weight is 193 g/mol. The van der Waals surface area contributed by atoms with Crippen molar-refractivity contribution >= 4 is 0 Å². The number of hydrogen-bond donors (Lipinski definition) is 1. The summed E-state index contributed by atoms with van der Waals surface area (Å²) in [6.45, 7) is 0. The molecule has 76 valence electrons. The quantitative estimate of drug-likeness (QED) is 0.773. The maximum Gasteiger partial charge on any atom is 0.231 e. The highest BCUT2D eigenvalue weighted by Gasteiger charge is 2.33. The van der Waals surface area contributed by atoms with E-state index in [-0.39, 0.29) is 6.04 Å². The largest absolute Gasteiger partial charge is 0.339 e. The summed E-state index contributed by atoms with van der Waals surface area (Å²) in [5, 5.41) is 4.02. The molecule has 0 saturated heterocycles. The number of hydrogen-bond acceptors (Lipinski definition) is 4. The van der Waals surface area contributed by atoms with E-state index in [1.165, 1.54) is 19.3 Å². The van der Waals surface area contributed by atoms with Gasteiger partial charge in [0.15, 0.2) is 5.82 Å². The van der Waals surface area contributed by atoms with Crippen molar-refractivity contribution in [3.63, 3.8) is 0 Å². The van der Waals surface area contributed by atoms with E-state index in [2.05, 4.69) is 10.1 Å². The Morgan fingerprint density at radius 3 is 2.71 bits per heavy atom. The predicted octanol–water partition coefficient (Wildman–Crippen LogP) is 1.54. The zero-order valence-corrected chi connectivity index (χ0v) is 8.15. The topological polar surface area (TPSA) is 64.9 Å². The van der Waals surface area contributed by atoms with E-state index < -0.39 is 0 Å². The van der Waals surface area contributed by atoms with E-state index in [4.69, 9.17) is 10.3 Å². The Hall–Kier alpha value is -0.900. The van der Waals surface area contributed by atoms with Crippen LogP contribution >= 0.6 is 0 Å². The van der Waals surface area contributed by atoms with Gasteiger partial charge in [-0.25, -0.2) is 0 Å². The van der Waals surface area contributed by atoms with Gasteiger partial charge in [-0.15, -0.1) is 0 Å². The van der Waals surface area contributed by atoms with Crippen LogP contribution in [0.15, 0.2) is 4.52 Å². The molecule has 14 heavy (non-hydrogen) atoms. The number of rotatable bonds is 2. The molecule has 0 spiro atoms. The Morgan fingerprint density at radius 1 is 1.21 bits per heavy atom. The van der Waals surface area contributed by atoms with Crippen molar-refractivity contribution in [2.24, 2.45) is 5.73 Å². The first-order chi connectivity index (χ1) is 6.84. The Labute approximate surface area is 82.9 Å². The van der Waals surface area contributed by atoms with Crippen molar-refractivity contribution in [2.75, 3.05) is 0 Å². The van der Waals surface area contributed by atoms with Gasteiger partial charge >= 0.3 is 0 Å². The third-order valence-electron chi connectivity index (χ3n) is 3.29. The van der Waals surface area contributed by atoms with Gasteiger partial charge in [0.1, 0.15) is 0 Å². The molecule has 2 saturated carbocycles. The minimum Gasteiger partial charge on any atom is -0.339 e. The molecule has 0 radical (unpaired) electrons. The van der Waals surface area contributed by atoms with E-state index in [0.717, 1.165) is 24.6 Å². The molecule has 2 aliphatic rings. The van der Waals surface area contributed by atoms with E-state index in [1.807, 2.05) is 0 Å². The first-order valence-corrected chi connectivity index (χ1v) is 5.43. The third kappa shape index (κ3) is 1.34. The zero-order chi connectivity index (χ0) is 9.54. The summed E-state index contributed by atoms with van der Waals surface area (Å²) >= 11 is 0. The van der Waals surface area contributed by atoms with Crippen LogP contribution in [0.5, 0.6) is 0 Å². The molecule has 1 aromatic rings. The molecule has 1 aromatic heterocycles. The van der Waals surface area contributed by atoms with Crippen LogP contribution in [-0.2, 0) is 0 Å². The average Bonchev–Trinajstić information content (AvgIpc) is 2.75. The van der Waals surface area contributed by atoms with Crippen molar-refractivity contribution in [2.45, 2.75) is 50.0 Å². The normalized spacial score (nSPS) is 32.4. The Kier molecular flexibility index (Phi) is 1.83. The van der Waals surface area contributed by atoms with Gasteiger partial charge < -0.3 is 10.3 Å². The van der Waals surface area contributed by atoms with Crippen LogP contribution in [0, 0.1) is 0 Å². The molecule has 1 heterocycles. The minimum absolute atomic E-state index is 0.225. The molecule has 0 amide bonds. The van der Waals surface area contributed by atoms with Crippen molar-refractivity contribution in [1.82, 2.24) is 10.1 Å². The lowest BCUT2D eigenvalue weighted by Crippen LogP contribution is -2.22. The van der Waals surface area contributed by atoms with Crippen LogP contribution in [0.4, 0.5) is 0 Å². The fourth-order valence-corrected chi connectivity index (χ4v) is 2.20. The molecule has 0 unspecified atom stereocenters. The SMILES string of the molecule is N[C@H]1CCC[C@H]1c1nc(C2CC2)no1. The van der Waals surface area contributed by atoms with E-state index >= 15 is 0 Å². The Morgan fingerprint density at radius 2 is 2.07 bits per heavy atom. The second kappa shape index (κ2) is 3.05. The van der Waals surface area contributed by atoms with Gasteiger partial charge in [0.2, 0.25) is 5.89 Å². The van der Waals surface area contributed by atoms with Crippen molar-refractivity contribution in [1.29, 1.82) is 0 Å². The highest BCUT2D eigenvalue weighted by Crippen LogP contribution is 2.39. The molecule has 2 fully saturated rings. The summed E-state index contributed by atoms with van der Waals surface area (Å²) in [5.74, 6) is 2.57. The third-order valence-corrected chi connectivity index (χ3v) is 3.29. The molecule has 0 aromatic carbocycles. The van der Waals surface area contributed by atoms with Crippen LogP contribution in [0.1, 0.15) is 55.7 Å². The minimum atomic E-state index is 0.225. The number of nitrogens with two attached hydrogens (primary N) is 1. The van der Waals surface area contributed by atoms with Gasteiger partial charge in [0.05, 0.1) is 5.92 Å². The molecule has 4 nitrogen and oxygen atoms in total. The summed E-state index contributed by atoms with van der Waals surface area (Å²) in [5.41, 5.74) is 5.98. The lowest BCUT2D eigenvalue weighted by atomic mass is 10.1. The molecular weight excluding hydrogens is 178 g/mol. The molecule has 2 aliphatic carbocycles. The first kappa shape index (κ1) is 8.41. The highest BCUT2D eigenvalue weighted by molar-refractivity contribution is 5.07. The lowest BCUT2D eigenvalue weighted by Gasteiger charge is -2.08. The second-order valence-electron chi connectivity index (χ2n) is 4.47. The van der Waals surface area contributed by atoms with Crippen molar-refractivity contribution in [3.8, 4) is 0 Å². The first-order valence-electron chi connectivity index (χ1n) is 5.43. The van der Waals surface area contributed by atoms with Crippen molar-refractivity contribution < 1.29 is 4.52 Å². The van der Waals surface area contributed by atoms with Gasteiger partial charge in [-0.1, -0.05) is 11.6 Å². The van der Waals surface area contributed by atoms with Crippen LogP contribution in [-0.4, -0.2) is 16.2 Å². The van der Waals surface area contributed by atoms with E-state index in [9.17, 15) is 0 Å². The molecule has 3 rings (SSSR count). The van der Waals surface area contributed by atoms with Gasteiger partial charge in [0, 0.05) is 12.0 Å². The second-order valence-corrected chi connectivity index (χ2v) is 4.47. The Bertz CT molecular complexity index is 332. The van der Waals surface area contributed by atoms with Gasteiger partial charge in [-0.2, -0.15) is 4.98 Å². The van der Waals surface area contributed by atoms with Crippen molar-refractivity contribution in [3.05, 3.63) is 11.7 Å². The van der Waals surface area contributed by atoms with Crippen LogP contribution in [0.3, 0.4) is 0 Å². The monoisotopic (exact) mass is 193 g/mol. The fraction of sp³-hybridized carbons (Fsp3) is 0.800. The molecule has 2 N–H and O–H groups in total. The lowest BCUT2D eigenvalue weighted by molar-refractivity contribution is 0.341.